The molecule has 0 spiro atoms. The highest BCUT2D eigenvalue weighted by Crippen LogP contribution is 2.30. The Kier molecular flexibility index (Phi) is 4.85. The molecule has 0 saturated heterocycles. The van der Waals surface area contributed by atoms with E-state index in [2.05, 4.69) is 0 Å². The van der Waals surface area contributed by atoms with Gasteiger partial charge in [0.2, 0.25) is 10.0 Å². The van der Waals surface area contributed by atoms with Gasteiger partial charge in [0.1, 0.15) is 0 Å². The number of anilines is 1. The van der Waals surface area contributed by atoms with Crippen molar-refractivity contribution >= 4 is 15.7 Å². The van der Waals surface area contributed by atoms with E-state index in [0.717, 1.165) is 22.7 Å². The lowest BCUT2D eigenvalue weighted by Crippen LogP contribution is -2.29. The predicted molar refractivity (Wildman–Crippen MR) is 83.6 cm³/mol. The molecule has 0 heterocycles. The van der Waals surface area contributed by atoms with Gasteiger partial charge in [0, 0.05) is 0 Å². The fraction of sp³-hybridized carbons (Fsp3) is 0.188. The van der Waals surface area contributed by atoms with Crippen LogP contribution < -0.4 is 4.31 Å². The number of alkyl halides is 3. The number of hydrogen-bond donors (Lipinski definition) is 0. The van der Waals surface area contributed by atoms with Gasteiger partial charge in [-0.1, -0.05) is 18.2 Å². The first kappa shape index (κ1) is 17.8. The smallest absolute Gasteiger partial charge is 0.266 e. The molecular weight excluding hydrogens is 341 g/mol. The zero-order chi connectivity index (χ0) is 18.0. The van der Waals surface area contributed by atoms with Crippen molar-refractivity contribution in [3.63, 3.8) is 0 Å². The lowest BCUT2D eigenvalue weighted by Gasteiger charge is -2.23. The van der Waals surface area contributed by atoms with Gasteiger partial charge in [-0.15, -0.1) is 0 Å². The minimum absolute atomic E-state index is 0.192. The van der Waals surface area contributed by atoms with Gasteiger partial charge in [0.15, 0.2) is 0 Å². The fourth-order valence-corrected chi connectivity index (χ4v) is 3.02. The Morgan fingerprint density at radius 1 is 1.12 bits per heavy atom. The maximum Gasteiger partial charge on any atom is 0.416 e. The molecule has 0 saturated carbocycles. The second kappa shape index (κ2) is 6.53. The topological polar surface area (TPSA) is 61.2 Å². The highest BCUT2D eigenvalue weighted by molar-refractivity contribution is 7.92. The first-order valence-corrected chi connectivity index (χ1v) is 8.60. The van der Waals surface area contributed by atoms with Crippen molar-refractivity contribution in [3.05, 3.63) is 65.2 Å². The lowest BCUT2D eigenvalue weighted by molar-refractivity contribution is -0.137. The third kappa shape index (κ3) is 4.26. The maximum absolute atomic E-state index is 12.8. The van der Waals surface area contributed by atoms with Gasteiger partial charge in [-0.3, -0.25) is 4.31 Å². The Hall–Kier alpha value is -2.53. The summed E-state index contributed by atoms with van der Waals surface area (Å²) < 4.78 is 63.4. The van der Waals surface area contributed by atoms with E-state index in [4.69, 9.17) is 5.26 Å². The number of nitrogens with zero attached hydrogens (tertiary/aromatic N) is 2. The van der Waals surface area contributed by atoms with Crippen LogP contribution in [0.4, 0.5) is 18.9 Å². The number of benzene rings is 2. The Morgan fingerprint density at radius 2 is 1.79 bits per heavy atom. The van der Waals surface area contributed by atoms with Crippen LogP contribution in [0.3, 0.4) is 0 Å². The van der Waals surface area contributed by atoms with Crippen molar-refractivity contribution in [2.75, 3.05) is 10.6 Å². The molecule has 0 aliphatic carbocycles. The molecule has 0 unspecified atom stereocenters. The Labute approximate surface area is 137 Å². The van der Waals surface area contributed by atoms with E-state index in [9.17, 15) is 21.6 Å². The molecular formula is C16H13F3N2O2S. The number of rotatable bonds is 4. The molecule has 4 nitrogen and oxygen atoms in total. The van der Waals surface area contributed by atoms with Crippen LogP contribution in [0.2, 0.25) is 0 Å². The van der Waals surface area contributed by atoms with E-state index in [0.29, 0.717) is 0 Å². The van der Waals surface area contributed by atoms with Gasteiger partial charge < -0.3 is 0 Å². The summed E-state index contributed by atoms with van der Waals surface area (Å²) in [6.07, 6.45) is -3.55. The summed E-state index contributed by atoms with van der Waals surface area (Å²) in [5, 5.41) is 8.92. The summed E-state index contributed by atoms with van der Waals surface area (Å²) in [7, 11) is -3.75. The fourth-order valence-electron chi connectivity index (χ4n) is 2.14. The molecule has 0 fully saturated rings. The van der Waals surface area contributed by atoms with E-state index in [1.807, 2.05) is 6.07 Å². The van der Waals surface area contributed by atoms with Gasteiger partial charge in [-0.2, -0.15) is 18.4 Å². The molecule has 0 N–H and O–H groups in total. The summed E-state index contributed by atoms with van der Waals surface area (Å²) in [5.41, 5.74) is -0.184. The monoisotopic (exact) mass is 354 g/mol. The summed E-state index contributed by atoms with van der Waals surface area (Å²) in [6.45, 7) is -0.266. The summed E-state index contributed by atoms with van der Waals surface area (Å²) in [6, 6.07) is 12.2. The molecule has 2 rings (SSSR count). The molecule has 0 aliphatic rings. The minimum atomic E-state index is -4.51. The van der Waals surface area contributed by atoms with E-state index < -0.39 is 21.8 Å². The zero-order valence-corrected chi connectivity index (χ0v) is 13.4. The first-order chi connectivity index (χ1) is 11.1. The van der Waals surface area contributed by atoms with Crippen LogP contribution in [0.1, 0.15) is 16.7 Å². The molecule has 0 atom stereocenters. The molecule has 8 heteroatoms. The molecule has 0 aromatic heterocycles. The second-order valence-electron chi connectivity index (χ2n) is 5.13. The standard InChI is InChI=1S/C16H13F3N2O2S/c1-24(22,23)21(15-7-3-4-12(9-15)10-20)11-13-5-2-6-14(8-13)16(17,18)19/h2-9H,11H2,1H3. The van der Waals surface area contributed by atoms with Crippen LogP contribution in [0.5, 0.6) is 0 Å². The van der Waals surface area contributed by atoms with Crippen molar-refractivity contribution in [3.8, 4) is 6.07 Å². The number of sulfonamides is 1. The SMILES string of the molecule is CS(=O)(=O)N(Cc1cccc(C(F)(F)F)c1)c1cccc(C#N)c1. The Morgan fingerprint density at radius 3 is 2.38 bits per heavy atom. The van der Waals surface area contributed by atoms with E-state index in [1.165, 1.54) is 36.4 Å². The molecule has 2 aromatic rings. The Balaban J connectivity index is 2.43. The van der Waals surface area contributed by atoms with Crippen LogP contribution >= 0.6 is 0 Å². The number of hydrogen-bond acceptors (Lipinski definition) is 3. The molecule has 24 heavy (non-hydrogen) atoms. The second-order valence-corrected chi connectivity index (χ2v) is 7.04. The maximum atomic E-state index is 12.8. The van der Waals surface area contributed by atoms with E-state index in [1.54, 1.807) is 0 Å². The normalized spacial score (nSPS) is 11.8. The lowest BCUT2D eigenvalue weighted by atomic mass is 10.1. The van der Waals surface area contributed by atoms with Crippen LogP contribution in [-0.2, 0) is 22.7 Å². The quantitative estimate of drug-likeness (QED) is 0.844. The molecule has 2 aromatic carbocycles. The van der Waals surface area contributed by atoms with Crippen molar-refractivity contribution in [2.45, 2.75) is 12.7 Å². The third-order valence-electron chi connectivity index (χ3n) is 3.24. The largest absolute Gasteiger partial charge is 0.416 e. The van der Waals surface area contributed by atoms with E-state index >= 15 is 0 Å². The zero-order valence-electron chi connectivity index (χ0n) is 12.6. The Bertz CT molecular complexity index is 887. The minimum Gasteiger partial charge on any atom is -0.266 e. The third-order valence-corrected chi connectivity index (χ3v) is 4.38. The van der Waals surface area contributed by atoms with Gasteiger partial charge in [-0.05, 0) is 35.9 Å². The van der Waals surface area contributed by atoms with Crippen molar-refractivity contribution in [1.82, 2.24) is 0 Å². The highest BCUT2D eigenvalue weighted by atomic mass is 32.2. The van der Waals surface area contributed by atoms with Crippen LogP contribution in [0.15, 0.2) is 48.5 Å². The highest BCUT2D eigenvalue weighted by Gasteiger charge is 2.30. The predicted octanol–water partition coefficient (Wildman–Crippen LogP) is 3.54. The van der Waals surface area contributed by atoms with Crippen molar-refractivity contribution < 1.29 is 21.6 Å². The van der Waals surface area contributed by atoms with Gasteiger partial charge in [0.25, 0.3) is 0 Å². The molecule has 126 valence electrons. The van der Waals surface area contributed by atoms with Gasteiger partial charge >= 0.3 is 6.18 Å². The number of halogens is 3. The van der Waals surface area contributed by atoms with Gasteiger partial charge in [0.05, 0.1) is 35.7 Å². The summed E-state index contributed by atoms with van der Waals surface area (Å²) in [5.74, 6) is 0. The van der Waals surface area contributed by atoms with Crippen LogP contribution in [0, 0.1) is 11.3 Å². The number of nitriles is 1. The van der Waals surface area contributed by atoms with Crippen LogP contribution in [0.25, 0.3) is 0 Å². The van der Waals surface area contributed by atoms with Gasteiger partial charge in [-0.25, -0.2) is 8.42 Å². The summed E-state index contributed by atoms with van der Waals surface area (Å²) in [4.78, 5) is 0. The van der Waals surface area contributed by atoms with Crippen molar-refractivity contribution in [2.24, 2.45) is 0 Å². The summed E-state index contributed by atoms with van der Waals surface area (Å²) >= 11 is 0. The molecule has 0 radical (unpaired) electrons. The molecule has 0 aliphatic heterocycles. The first-order valence-electron chi connectivity index (χ1n) is 6.75. The van der Waals surface area contributed by atoms with Crippen molar-refractivity contribution in [1.29, 1.82) is 5.26 Å². The average molecular weight is 354 g/mol. The molecule has 0 bridgehead atoms. The van der Waals surface area contributed by atoms with E-state index in [-0.39, 0.29) is 23.4 Å². The molecule has 0 amide bonds. The average Bonchev–Trinajstić information content (AvgIpc) is 2.51. The van der Waals surface area contributed by atoms with Crippen LogP contribution in [-0.4, -0.2) is 14.7 Å².